The Morgan fingerprint density at radius 3 is 1.26 bits per heavy atom. The molecule has 0 saturated carbocycles. The van der Waals surface area contributed by atoms with E-state index in [1.165, 1.54) is 141 Å². The van der Waals surface area contributed by atoms with E-state index in [9.17, 15) is 47.3 Å². The Balaban J connectivity index is -0.000000414. The van der Waals surface area contributed by atoms with Crippen LogP contribution in [-0.2, 0) is 51.4 Å². The van der Waals surface area contributed by atoms with Gasteiger partial charge in [0.05, 0.1) is 37.5 Å². The van der Waals surface area contributed by atoms with Crippen molar-refractivity contribution in [2.24, 2.45) is 0 Å². The van der Waals surface area contributed by atoms with E-state index in [-0.39, 0.29) is 46.8 Å². The van der Waals surface area contributed by atoms with Crippen LogP contribution in [0.15, 0.2) is 41.3 Å². The van der Waals surface area contributed by atoms with Gasteiger partial charge >= 0.3 is 40.0 Å². The number of allylic oxidation sites excluding steroid dienone is 1. The van der Waals surface area contributed by atoms with Crippen LogP contribution in [-0.4, -0.2) is 81.2 Å². The standard InChI is InChI=1S/C18H30O3S.C14H28O3S.C12H26O5S.C5H12O3S.Na/c1-2-3-4-5-6-7-8-9-10-11-14-17-15-12-13-16-18(17)22(19,20)21;1-2-3-4-5-6-7-8-9-10-11-12-13-14-18(15,16)17;13-11-9-7-5-3-1-2-4-6-8-10-12-17-18(14,15)16;1-3-5(4-2)9(6,7)8;/h12-13,15-16H,2-11,14H2,1H3,(H,19,20,21);12-13H,2-11,14H2,1H3,(H,15,16,17);13H,1-12H2,(H,14,15,16);5H,3-4H2,1-2H3,(H,6,7,8);/q;;;;+1/p-3/b;13-12+;;;. The maximum atomic E-state index is 11.2. The number of aliphatic hydroxyl groups is 1. The van der Waals surface area contributed by atoms with Crippen LogP contribution in [0.1, 0.15) is 239 Å². The van der Waals surface area contributed by atoms with Gasteiger partial charge in [0.1, 0.15) is 10.1 Å². The van der Waals surface area contributed by atoms with E-state index in [0.717, 1.165) is 57.8 Å². The molecule has 0 bridgehead atoms. The smallest absolute Gasteiger partial charge is 0.748 e. The molecule has 0 atom stereocenters. The van der Waals surface area contributed by atoms with Gasteiger partial charge in [-0.05, 0) is 63.0 Å². The molecule has 0 aliphatic heterocycles. The van der Waals surface area contributed by atoms with Gasteiger partial charge in [-0.15, -0.1) is 0 Å². The van der Waals surface area contributed by atoms with Gasteiger partial charge in [-0.25, -0.2) is 29.4 Å². The Labute approximate surface area is 438 Å². The van der Waals surface area contributed by atoms with Gasteiger partial charge in [-0.2, -0.15) is 8.42 Å². The zero-order valence-electron chi connectivity index (χ0n) is 42.9. The van der Waals surface area contributed by atoms with Gasteiger partial charge in [0.2, 0.25) is 0 Å². The minimum absolute atomic E-state index is 0. The van der Waals surface area contributed by atoms with Crippen LogP contribution in [0.5, 0.6) is 0 Å². The quantitative estimate of drug-likeness (QED) is 0.0269. The number of rotatable bonds is 40. The first kappa shape index (κ1) is 74.0. The fraction of sp³-hybridized carbons (Fsp3) is 0.837. The summed E-state index contributed by atoms with van der Waals surface area (Å²) in [7, 11) is -16.7. The van der Waals surface area contributed by atoms with Gasteiger partial charge in [0.25, 0.3) is 0 Å². The summed E-state index contributed by atoms with van der Waals surface area (Å²) in [5.41, 5.74) is 0.664. The second kappa shape index (κ2) is 50.1. The maximum absolute atomic E-state index is 11.2. The average molecular weight is 1060 g/mol. The fourth-order valence-corrected chi connectivity index (χ4v) is 9.38. The van der Waals surface area contributed by atoms with Crippen molar-refractivity contribution in [2.75, 3.05) is 19.0 Å². The number of benzene rings is 1. The van der Waals surface area contributed by atoms with Crippen molar-refractivity contribution >= 4 is 40.8 Å². The molecule has 400 valence electrons. The monoisotopic (exact) mass is 1060 g/mol. The number of aryl methyl sites for hydroxylation is 1. The normalized spacial score (nSPS) is 11.9. The molecule has 0 heterocycles. The number of unbranched alkanes of at least 4 members (excludes halogenated alkanes) is 27. The molecule has 2 N–H and O–H groups in total. The number of aliphatic hydroxyl groups excluding tert-OH is 1. The molecule has 0 aliphatic carbocycles. The van der Waals surface area contributed by atoms with Gasteiger partial charge in [0.15, 0.2) is 0 Å². The van der Waals surface area contributed by atoms with E-state index < -0.39 is 46.0 Å². The van der Waals surface area contributed by atoms with Crippen molar-refractivity contribution in [3.05, 3.63) is 42.0 Å². The molecule has 0 unspecified atom stereocenters. The minimum atomic E-state index is -4.35. The van der Waals surface area contributed by atoms with Crippen molar-refractivity contribution in [2.45, 2.75) is 250 Å². The molecule has 1 rings (SSSR count). The first-order valence-corrected chi connectivity index (χ1v) is 31.3. The summed E-state index contributed by atoms with van der Waals surface area (Å²) in [4.78, 5) is -0.0501. The van der Waals surface area contributed by atoms with Gasteiger partial charge in [-0.3, -0.25) is 4.55 Å². The number of hydrogen-bond donors (Lipinski definition) is 2. The van der Waals surface area contributed by atoms with E-state index in [1.807, 2.05) is 0 Å². The molecule has 0 aromatic heterocycles. The van der Waals surface area contributed by atoms with Crippen LogP contribution in [0.4, 0.5) is 0 Å². The van der Waals surface area contributed by atoms with E-state index in [0.29, 0.717) is 37.9 Å². The van der Waals surface area contributed by atoms with Crippen LogP contribution in [0.25, 0.3) is 0 Å². The van der Waals surface area contributed by atoms with Crippen LogP contribution in [0.2, 0.25) is 0 Å². The van der Waals surface area contributed by atoms with Crippen LogP contribution in [0.3, 0.4) is 0 Å². The summed E-state index contributed by atoms with van der Waals surface area (Å²) in [6.07, 6.45) is 40.4. The van der Waals surface area contributed by atoms with Crippen molar-refractivity contribution in [1.29, 1.82) is 0 Å². The first-order valence-electron chi connectivity index (χ1n) is 25.5. The summed E-state index contributed by atoms with van der Waals surface area (Å²) >= 11 is 0. The Kier molecular flexibility index (Phi) is 54.5. The third-order valence-corrected chi connectivity index (χ3v) is 14.6. The predicted octanol–water partition coefficient (Wildman–Crippen LogP) is 9.49. The molecule has 1 aromatic carbocycles. The van der Waals surface area contributed by atoms with Crippen LogP contribution < -0.4 is 29.6 Å². The Bertz CT molecular complexity index is 1720. The molecule has 0 spiro atoms. The second-order valence-corrected chi connectivity index (χ2v) is 22.8. The molecular formula is C49H93NaO14S4-2. The predicted molar refractivity (Wildman–Crippen MR) is 270 cm³/mol. The zero-order valence-corrected chi connectivity index (χ0v) is 48.2. The molecule has 14 nitrogen and oxygen atoms in total. The molecule has 0 saturated heterocycles. The van der Waals surface area contributed by atoms with Gasteiger partial charge in [-0.1, -0.05) is 219 Å². The summed E-state index contributed by atoms with van der Waals surface area (Å²) in [5, 5.41) is 7.91. The van der Waals surface area contributed by atoms with E-state index in [1.54, 1.807) is 38.1 Å². The molecule has 0 amide bonds. The summed E-state index contributed by atoms with van der Waals surface area (Å²) in [5.74, 6) is -0.371. The average Bonchev–Trinajstić information content (AvgIpc) is 3.25. The fourth-order valence-electron chi connectivity index (χ4n) is 7.12. The van der Waals surface area contributed by atoms with Crippen molar-refractivity contribution in [3.63, 3.8) is 0 Å². The Hall–Kier alpha value is -0.480. The van der Waals surface area contributed by atoms with Gasteiger partial charge in [0, 0.05) is 11.9 Å². The third kappa shape index (κ3) is 58.1. The largest absolute Gasteiger partial charge is 1.00 e. The molecule has 0 fully saturated rings. The maximum Gasteiger partial charge on any atom is 1.00 e. The van der Waals surface area contributed by atoms with Crippen molar-refractivity contribution in [1.82, 2.24) is 0 Å². The molecule has 68 heavy (non-hydrogen) atoms. The van der Waals surface area contributed by atoms with Crippen molar-refractivity contribution < 1.29 is 90.7 Å². The Morgan fingerprint density at radius 1 is 0.529 bits per heavy atom. The second-order valence-electron chi connectivity index (χ2n) is 17.2. The topological polar surface area (TPSA) is 255 Å². The Morgan fingerprint density at radius 2 is 0.912 bits per heavy atom. The molecule has 0 aliphatic rings. The molecular weight excluding hydrogens is 964 g/mol. The molecule has 1 aromatic rings. The summed E-state index contributed by atoms with van der Waals surface area (Å²) in [6, 6.07) is 6.56. The third-order valence-electron chi connectivity index (χ3n) is 11.1. The van der Waals surface area contributed by atoms with Crippen LogP contribution >= 0.6 is 0 Å². The summed E-state index contributed by atoms with van der Waals surface area (Å²) in [6.45, 7) is 8.22. The SMILES string of the molecule is CCC(CC)S(=O)(=O)[O-].CCCCCCCCCCC/C=C/CS(=O)(=O)[O-].CCCCCCCCCCCCc1ccccc1S(=O)(=O)[O-].O=S(=O)(O)OCCCCCCCCCCCCO.[Na+]. The van der Waals surface area contributed by atoms with E-state index >= 15 is 0 Å². The van der Waals surface area contributed by atoms with Gasteiger partial charge < -0.3 is 18.8 Å². The van der Waals surface area contributed by atoms with E-state index in [2.05, 4.69) is 18.0 Å². The van der Waals surface area contributed by atoms with Crippen LogP contribution in [0, 0.1) is 0 Å². The zero-order chi connectivity index (χ0) is 51.1. The number of hydrogen-bond acceptors (Lipinski definition) is 13. The summed E-state index contributed by atoms with van der Waals surface area (Å²) < 4.78 is 128. The van der Waals surface area contributed by atoms with Crippen molar-refractivity contribution in [3.8, 4) is 0 Å². The molecule has 0 radical (unpaired) electrons. The minimum Gasteiger partial charge on any atom is -0.748 e. The first-order chi connectivity index (χ1) is 31.7. The van der Waals surface area contributed by atoms with E-state index in [4.69, 9.17) is 9.66 Å². The molecule has 19 heteroatoms.